The van der Waals surface area contributed by atoms with Crippen molar-refractivity contribution < 1.29 is 4.92 Å². The maximum absolute atomic E-state index is 10.8. The molecule has 0 saturated heterocycles. The molecule has 0 aliphatic rings. The molecule has 2 aromatic rings. The van der Waals surface area contributed by atoms with Gasteiger partial charge in [-0.25, -0.2) is 4.68 Å². The average Bonchev–Trinajstić information content (AvgIpc) is 2.70. The number of hydrogen-bond acceptors (Lipinski definition) is 3. The molecule has 0 bridgehead atoms. The van der Waals surface area contributed by atoms with Gasteiger partial charge in [0.05, 0.1) is 4.92 Å². The Bertz CT molecular complexity index is 496. The van der Waals surface area contributed by atoms with Gasteiger partial charge in [0.15, 0.2) is 0 Å². The van der Waals surface area contributed by atoms with Crippen molar-refractivity contribution >= 4 is 21.6 Å². The smallest absolute Gasteiger partial charge is 0.258 e. The Morgan fingerprint density at radius 1 is 1.47 bits per heavy atom. The van der Waals surface area contributed by atoms with E-state index in [-0.39, 0.29) is 5.69 Å². The summed E-state index contributed by atoms with van der Waals surface area (Å²) in [6.45, 7) is 0. The molecule has 1 aromatic heterocycles. The molecular formula is C9H6BrN3O2. The Labute approximate surface area is 93.6 Å². The summed E-state index contributed by atoms with van der Waals surface area (Å²) in [6.07, 6.45) is 3.24. The van der Waals surface area contributed by atoms with Gasteiger partial charge >= 0.3 is 0 Å². The summed E-state index contributed by atoms with van der Waals surface area (Å²) in [6, 6.07) is 6.56. The zero-order valence-corrected chi connectivity index (χ0v) is 9.09. The molecule has 0 aliphatic carbocycles. The second-order valence-electron chi connectivity index (χ2n) is 2.84. The lowest BCUT2D eigenvalue weighted by molar-refractivity contribution is -0.384. The zero-order chi connectivity index (χ0) is 10.8. The maximum atomic E-state index is 10.8. The van der Waals surface area contributed by atoms with Gasteiger partial charge in [0.1, 0.15) is 5.69 Å². The standard InChI is InChI=1S/C9H6BrN3O2/c10-7-2-3-8(9(6-7)13(14)15)12-5-1-4-11-12/h1-6H. The van der Waals surface area contributed by atoms with Crippen molar-refractivity contribution in [3.63, 3.8) is 0 Å². The molecule has 1 heterocycles. The van der Waals surface area contributed by atoms with Gasteiger partial charge in [0, 0.05) is 22.9 Å². The van der Waals surface area contributed by atoms with E-state index in [0.717, 1.165) is 0 Å². The fourth-order valence-corrected chi connectivity index (χ4v) is 1.60. The lowest BCUT2D eigenvalue weighted by atomic mass is 10.3. The van der Waals surface area contributed by atoms with Gasteiger partial charge in [-0.05, 0) is 18.2 Å². The molecular weight excluding hydrogens is 262 g/mol. The van der Waals surface area contributed by atoms with Crippen LogP contribution in [0.1, 0.15) is 0 Å². The van der Waals surface area contributed by atoms with Crippen LogP contribution in [0.2, 0.25) is 0 Å². The number of benzene rings is 1. The molecule has 0 fully saturated rings. The third-order valence-corrected chi connectivity index (χ3v) is 2.38. The van der Waals surface area contributed by atoms with Crippen LogP contribution in [0.4, 0.5) is 5.69 Å². The van der Waals surface area contributed by atoms with E-state index < -0.39 is 4.92 Å². The summed E-state index contributed by atoms with van der Waals surface area (Å²) in [5.41, 5.74) is 0.473. The minimum Gasteiger partial charge on any atom is -0.258 e. The van der Waals surface area contributed by atoms with Crippen LogP contribution < -0.4 is 0 Å². The van der Waals surface area contributed by atoms with E-state index in [9.17, 15) is 10.1 Å². The number of nitrogens with zero attached hydrogens (tertiary/aromatic N) is 3. The van der Waals surface area contributed by atoms with E-state index in [4.69, 9.17) is 0 Å². The predicted octanol–water partition coefficient (Wildman–Crippen LogP) is 2.54. The lowest BCUT2D eigenvalue weighted by Gasteiger charge is -2.02. The van der Waals surface area contributed by atoms with Gasteiger partial charge in [0.2, 0.25) is 0 Å². The molecule has 0 spiro atoms. The number of nitro groups is 1. The van der Waals surface area contributed by atoms with Crippen LogP contribution in [0.3, 0.4) is 0 Å². The van der Waals surface area contributed by atoms with E-state index >= 15 is 0 Å². The topological polar surface area (TPSA) is 61.0 Å². The van der Waals surface area contributed by atoms with Crippen molar-refractivity contribution in [1.29, 1.82) is 0 Å². The monoisotopic (exact) mass is 267 g/mol. The Kier molecular flexibility index (Phi) is 2.51. The van der Waals surface area contributed by atoms with Crippen LogP contribution in [-0.2, 0) is 0 Å². The highest BCUT2D eigenvalue weighted by molar-refractivity contribution is 9.10. The van der Waals surface area contributed by atoms with Gasteiger partial charge in [-0.3, -0.25) is 10.1 Å². The highest BCUT2D eigenvalue weighted by Gasteiger charge is 2.15. The Morgan fingerprint density at radius 3 is 2.87 bits per heavy atom. The summed E-state index contributed by atoms with van der Waals surface area (Å²) in [5, 5.41) is 14.8. The van der Waals surface area contributed by atoms with Crippen LogP contribution in [-0.4, -0.2) is 14.7 Å². The van der Waals surface area contributed by atoms with Crippen LogP contribution >= 0.6 is 15.9 Å². The van der Waals surface area contributed by atoms with E-state index in [1.807, 2.05) is 0 Å². The van der Waals surface area contributed by atoms with Gasteiger partial charge < -0.3 is 0 Å². The summed E-state index contributed by atoms with van der Waals surface area (Å²) in [4.78, 5) is 10.4. The Morgan fingerprint density at radius 2 is 2.27 bits per heavy atom. The third kappa shape index (κ3) is 1.89. The molecule has 76 valence electrons. The van der Waals surface area contributed by atoms with E-state index in [1.165, 1.54) is 10.7 Å². The van der Waals surface area contributed by atoms with Gasteiger partial charge in [0.25, 0.3) is 5.69 Å². The molecule has 6 heteroatoms. The summed E-state index contributed by atoms with van der Waals surface area (Å²) in [5.74, 6) is 0. The molecule has 5 nitrogen and oxygen atoms in total. The molecule has 0 N–H and O–H groups in total. The molecule has 0 radical (unpaired) electrons. The first-order valence-electron chi connectivity index (χ1n) is 4.12. The molecule has 0 saturated carbocycles. The molecule has 0 atom stereocenters. The average molecular weight is 268 g/mol. The minimum absolute atomic E-state index is 0.0214. The first-order chi connectivity index (χ1) is 7.18. The highest BCUT2D eigenvalue weighted by atomic mass is 79.9. The van der Waals surface area contributed by atoms with Crippen molar-refractivity contribution in [2.24, 2.45) is 0 Å². The molecule has 0 unspecified atom stereocenters. The van der Waals surface area contributed by atoms with Crippen molar-refractivity contribution in [3.8, 4) is 5.69 Å². The van der Waals surface area contributed by atoms with Gasteiger partial charge in [-0.1, -0.05) is 15.9 Å². The van der Waals surface area contributed by atoms with Crippen molar-refractivity contribution in [3.05, 3.63) is 51.2 Å². The zero-order valence-electron chi connectivity index (χ0n) is 7.50. The normalized spacial score (nSPS) is 10.2. The first-order valence-corrected chi connectivity index (χ1v) is 4.92. The van der Waals surface area contributed by atoms with Gasteiger partial charge in [-0.2, -0.15) is 5.10 Å². The van der Waals surface area contributed by atoms with E-state index in [1.54, 1.807) is 30.6 Å². The molecule has 15 heavy (non-hydrogen) atoms. The largest absolute Gasteiger partial charge is 0.295 e. The van der Waals surface area contributed by atoms with Crippen LogP contribution in [0.15, 0.2) is 41.1 Å². The molecule has 0 amide bonds. The van der Waals surface area contributed by atoms with E-state index in [2.05, 4.69) is 21.0 Å². The quantitative estimate of drug-likeness (QED) is 0.621. The minimum atomic E-state index is -0.429. The maximum Gasteiger partial charge on any atom is 0.295 e. The second kappa shape index (κ2) is 3.82. The SMILES string of the molecule is O=[N+]([O-])c1cc(Br)ccc1-n1cccn1. The fraction of sp³-hybridized carbons (Fsp3) is 0. The second-order valence-corrected chi connectivity index (χ2v) is 3.76. The van der Waals surface area contributed by atoms with Crippen LogP contribution in [0, 0.1) is 10.1 Å². The van der Waals surface area contributed by atoms with Crippen LogP contribution in [0.25, 0.3) is 5.69 Å². The van der Waals surface area contributed by atoms with Crippen LogP contribution in [0.5, 0.6) is 0 Å². The predicted molar refractivity (Wildman–Crippen MR) is 57.9 cm³/mol. The van der Waals surface area contributed by atoms with E-state index in [0.29, 0.717) is 10.2 Å². The van der Waals surface area contributed by atoms with Crippen molar-refractivity contribution in [2.75, 3.05) is 0 Å². The number of hydrogen-bond donors (Lipinski definition) is 0. The number of rotatable bonds is 2. The summed E-state index contributed by atoms with van der Waals surface area (Å²) >= 11 is 3.19. The Balaban J connectivity index is 2.61. The summed E-state index contributed by atoms with van der Waals surface area (Å²) in [7, 11) is 0. The lowest BCUT2D eigenvalue weighted by Crippen LogP contribution is -2.00. The highest BCUT2D eigenvalue weighted by Crippen LogP contribution is 2.25. The summed E-state index contributed by atoms with van der Waals surface area (Å²) < 4.78 is 2.13. The Hall–Kier alpha value is -1.69. The third-order valence-electron chi connectivity index (χ3n) is 1.89. The van der Waals surface area contributed by atoms with Gasteiger partial charge in [-0.15, -0.1) is 0 Å². The molecule has 0 aliphatic heterocycles. The number of nitro benzene ring substituents is 1. The van der Waals surface area contributed by atoms with Crippen molar-refractivity contribution in [2.45, 2.75) is 0 Å². The van der Waals surface area contributed by atoms with Crippen molar-refractivity contribution in [1.82, 2.24) is 9.78 Å². The molecule has 1 aromatic carbocycles. The molecule has 2 rings (SSSR count). The first kappa shape index (κ1) is 9.85. The number of aromatic nitrogens is 2. The number of halogens is 1. The fourth-order valence-electron chi connectivity index (χ4n) is 1.25.